The molecular formula is C14H16N4OS2. The summed E-state index contributed by atoms with van der Waals surface area (Å²) in [7, 11) is 0. The van der Waals surface area contributed by atoms with Crippen molar-refractivity contribution in [2.45, 2.75) is 42.9 Å². The molecule has 0 bridgehead atoms. The highest BCUT2D eigenvalue weighted by molar-refractivity contribution is 7.99. The smallest absolute Gasteiger partial charge is 0.230 e. The van der Waals surface area contributed by atoms with Gasteiger partial charge >= 0.3 is 0 Å². The van der Waals surface area contributed by atoms with Gasteiger partial charge in [-0.15, -0.1) is 21.5 Å². The van der Waals surface area contributed by atoms with Gasteiger partial charge in [-0.3, -0.25) is 9.36 Å². The topological polar surface area (TPSA) is 59.8 Å². The van der Waals surface area contributed by atoms with Crippen molar-refractivity contribution in [3.63, 3.8) is 0 Å². The van der Waals surface area contributed by atoms with Gasteiger partial charge in [-0.05, 0) is 37.1 Å². The van der Waals surface area contributed by atoms with Gasteiger partial charge in [-0.2, -0.15) is 0 Å². The third-order valence-corrected chi connectivity index (χ3v) is 5.40. The molecule has 110 valence electrons. The van der Waals surface area contributed by atoms with Gasteiger partial charge in [0.25, 0.3) is 0 Å². The van der Waals surface area contributed by atoms with E-state index < -0.39 is 0 Å². The van der Waals surface area contributed by atoms with Crippen LogP contribution in [0.25, 0.3) is 10.7 Å². The van der Waals surface area contributed by atoms with Gasteiger partial charge in [0.15, 0.2) is 11.0 Å². The summed E-state index contributed by atoms with van der Waals surface area (Å²) in [4.78, 5) is 13.0. The molecule has 0 saturated heterocycles. The summed E-state index contributed by atoms with van der Waals surface area (Å²) in [5, 5.41) is 14.6. The molecule has 4 rings (SSSR count). The zero-order chi connectivity index (χ0) is 14.2. The normalized spacial score (nSPS) is 17.9. The second-order valence-corrected chi connectivity index (χ2v) is 7.41. The van der Waals surface area contributed by atoms with Crippen LogP contribution in [-0.4, -0.2) is 32.5 Å². The molecule has 2 aromatic heterocycles. The van der Waals surface area contributed by atoms with Gasteiger partial charge in [0, 0.05) is 12.1 Å². The molecule has 0 unspecified atom stereocenters. The summed E-state index contributed by atoms with van der Waals surface area (Å²) in [6.45, 7) is 0. The van der Waals surface area contributed by atoms with Crippen molar-refractivity contribution in [1.29, 1.82) is 0 Å². The molecule has 7 heteroatoms. The van der Waals surface area contributed by atoms with Gasteiger partial charge < -0.3 is 5.32 Å². The van der Waals surface area contributed by atoms with Crippen molar-refractivity contribution in [2.24, 2.45) is 0 Å². The van der Waals surface area contributed by atoms with Crippen molar-refractivity contribution < 1.29 is 4.79 Å². The molecule has 5 nitrogen and oxygen atoms in total. The zero-order valence-electron chi connectivity index (χ0n) is 11.5. The molecule has 0 atom stereocenters. The van der Waals surface area contributed by atoms with Crippen LogP contribution in [0, 0.1) is 0 Å². The maximum Gasteiger partial charge on any atom is 0.230 e. The van der Waals surface area contributed by atoms with Gasteiger partial charge in [-0.1, -0.05) is 17.8 Å². The Bertz CT molecular complexity index is 644. The maximum atomic E-state index is 11.8. The molecule has 1 N–H and O–H groups in total. The molecule has 2 aliphatic carbocycles. The van der Waals surface area contributed by atoms with E-state index in [1.54, 1.807) is 11.3 Å². The Morgan fingerprint density at radius 1 is 1.38 bits per heavy atom. The summed E-state index contributed by atoms with van der Waals surface area (Å²) in [6, 6.07) is 5.02. The van der Waals surface area contributed by atoms with Crippen molar-refractivity contribution in [3.05, 3.63) is 17.5 Å². The molecule has 2 fully saturated rings. The number of rotatable bonds is 6. The summed E-state index contributed by atoms with van der Waals surface area (Å²) in [5.41, 5.74) is 0. The highest BCUT2D eigenvalue weighted by atomic mass is 32.2. The minimum Gasteiger partial charge on any atom is -0.353 e. The minimum absolute atomic E-state index is 0.102. The molecule has 0 spiro atoms. The minimum atomic E-state index is 0.102. The van der Waals surface area contributed by atoms with Gasteiger partial charge in [-0.25, -0.2) is 0 Å². The summed E-state index contributed by atoms with van der Waals surface area (Å²) < 4.78 is 2.21. The van der Waals surface area contributed by atoms with Crippen LogP contribution in [0.4, 0.5) is 0 Å². The molecule has 0 radical (unpaired) electrons. The SMILES string of the molecule is O=C(CSc1nnc(-c2cccs2)n1C1CC1)NC1CC1. The van der Waals surface area contributed by atoms with Gasteiger partial charge in [0.05, 0.1) is 10.6 Å². The monoisotopic (exact) mass is 320 g/mol. The van der Waals surface area contributed by atoms with Crippen LogP contribution < -0.4 is 5.32 Å². The van der Waals surface area contributed by atoms with Crippen LogP contribution in [0.1, 0.15) is 31.7 Å². The van der Waals surface area contributed by atoms with Crippen LogP contribution in [-0.2, 0) is 4.79 Å². The molecule has 0 aromatic carbocycles. The average molecular weight is 320 g/mol. The second kappa shape index (κ2) is 5.46. The molecule has 2 aliphatic rings. The van der Waals surface area contributed by atoms with E-state index in [9.17, 15) is 4.79 Å². The van der Waals surface area contributed by atoms with Crippen molar-refractivity contribution in [1.82, 2.24) is 20.1 Å². The number of hydrogen-bond acceptors (Lipinski definition) is 5. The quantitative estimate of drug-likeness (QED) is 0.831. The van der Waals surface area contributed by atoms with E-state index in [1.807, 2.05) is 6.07 Å². The number of hydrogen-bond donors (Lipinski definition) is 1. The molecule has 0 aliphatic heterocycles. The van der Waals surface area contributed by atoms with Crippen LogP contribution in [0.2, 0.25) is 0 Å². The van der Waals surface area contributed by atoms with Crippen LogP contribution in [0.15, 0.2) is 22.7 Å². The van der Waals surface area contributed by atoms with E-state index >= 15 is 0 Å². The fourth-order valence-electron chi connectivity index (χ4n) is 2.24. The number of thiophene rings is 1. The van der Waals surface area contributed by atoms with Crippen molar-refractivity contribution in [3.8, 4) is 10.7 Å². The fraction of sp³-hybridized carbons (Fsp3) is 0.500. The molecule has 1 amide bonds. The first-order valence-corrected chi connectivity index (χ1v) is 9.09. The van der Waals surface area contributed by atoms with Crippen LogP contribution >= 0.6 is 23.1 Å². The van der Waals surface area contributed by atoms with Crippen LogP contribution in [0.5, 0.6) is 0 Å². The lowest BCUT2D eigenvalue weighted by Crippen LogP contribution is -2.27. The maximum absolute atomic E-state index is 11.8. The Morgan fingerprint density at radius 3 is 2.90 bits per heavy atom. The van der Waals surface area contributed by atoms with Gasteiger partial charge in [0.1, 0.15) is 0 Å². The zero-order valence-corrected chi connectivity index (χ0v) is 13.1. The van der Waals surface area contributed by atoms with E-state index in [-0.39, 0.29) is 5.91 Å². The standard InChI is InChI=1S/C14H16N4OS2/c19-12(15-9-3-4-9)8-21-14-17-16-13(11-2-1-7-20-11)18(14)10-5-6-10/h1-2,7,9-10H,3-6,8H2,(H,15,19). The van der Waals surface area contributed by atoms with E-state index in [1.165, 1.54) is 24.6 Å². The molecule has 2 saturated carbocycles. The van der Waals surface area contributed by atoms with E-state index in [4.69, 9.17) is 0 Å². The number of nitrogens with one attached hydrogen (secondary N) is 1. The van der Waals surface area contributed by atoms with Crippen molar-refractivity contribution in [2.75, 3.05) is 5.75 Å². The summed E-state index contributed by atoms with van der Waals surface area (Å²) in [6.07, 6.45) is 4.60. The molecule has 2 heterocycles. The van der Waals surface area contributed by atoms with E-state index in [2.05, 4.69) is 31.5 Å². The summed E-state index contributed by atoms with van der Waals surface area (Å²) in [5.74, 6) is 1.47. The highest BCUT2D eigenvalue weighted by Gasteiger charge is 2.31. The highest BCUT2D eigenvalue weighted by Crippen LogP contribution is 2.41. The number of thioether (sulfide) groups is 1. The molecular weight excluding hydrogens is 304 g/mol. The molecule has 21 heavy (non-hydrogen) atoms. The van der Waals surface area contributed by atoms with E-state index in [0.717, 1.165) is 28.7 Å². The Labute approximate surface area is 131 Å². The van der Waals surface area contributed by atoms with Crippen molar-refractivity contribution >= 4 is 29.0 Å². The number of nitrogens with zero attached hydrogens (tertiary/aromatic N) is 3. The lowest BCUT2D eigenvalue weighted by molar-refractivity contribution is -0.118. The van der Waals surface area contributed by atoms with E-state index in [0.29, 0.717) is 17.8 Å². The average Bonchev–Trinajstić information content (AvgIpc) is 3.38. The number of carbonyl (C=O) groups excluding carboxylic acids is 1. The summed E-state index contributed by atoms with van der Waals surface area (Å²) >= 11 is 3.17. The first-order valence-electron chi connectivity index (χ1n) is 7.22. The lowest BCUT2D eigenvalue weighted by Gasteiger charge is -2.07. The number of carbonyl (C=O) groups is 1. The Kier molecular flexibility index (Phi) is 3.46. The predicted molar refractivity (Wildman–Crippen MR) is 83.5 cm³/mol. The lowest BCUT2D eigenvalue weighted by atomic mass is 10.4. The van der Waals surface area contributed by atoms with Gasteiger partial charge in [0.2, 0.25) is 5.91 Å². The third-order valence-electron chi connectivity index (χ3n) is 3.59. The second-order valence-electron chi connectivity index (χ2n) is 5.52. The molecule has 2 aromatic rings. The predicted octanol–water partition coefficient (Wildman–Crippen LogP) is 2.71. The first kappa shape index (κ1) is 13.3. The van der Waals surface area contributed by atoms with Crippen LogP contribution in [0.3, 0.4) is 0 Å². The Hall–Kier alpha value is -1.34. The Morgan fingerprint density at radius 2 is 2.24 bits per heavy atom. The third kappa shape index (κ3) is 2.98. The first-order chi connectivity index (χ1) is 10.3. The number of aromatic nitrogens is 3. The number of amides is 1. The largest absolute Gasteiger partial charge is 0.353 e. The Balaban J connectivity index is 1.50. The fourth-order valence-corrected chi connectivity index (χ4v) is 3.76.